The zero-order chi connectivity index (χ0) is 13.5. The van der Waals surface area contributed by atoms with Crippen molar-refractivity contribution in [1.29, 1.82) is 0 Å². The van der Waals surface area contributed by atoms with Crippen LogP contribution < -0.4 is 10.9 Å². The summed E-state index contributed by atoms with van der Waals surface area (Å²) in [5, 5.41) is 7.41. The highest BCUT2D eigenvalue weighted by atomic mass is 35.5. The maximum Gasteiger partial charge on any atom is 0.287 e. The molecule has 4 nitrogen and oxygen atoms in total. The van der Waals surface area contributed by atoms with Gasteiger partial charge in [-0.25, -0.2) is 4.68 Å². The van der Waals surface area contributed by atoms with Crippen molar-refractivity contribution in [3.05, 3.63) is 21.6 Å². The number of nitrogens with one attached hydrogen (secondary N) is 1. The second-order valence-electron chi connectivity index (χ2n) is 4.06. The predicted molar refractivity (Wildman–Crippen MR) is 74.9 cm³/mol. The SMILES string of the molecule is C#CCC(CC)Nc1cnn(CCC)c(=O)c1Cl. The molecular weight excluding hydrogens is 250 g/mol. The molecule has 0 amide bonds. The van der Waals surface area contributed by atoms with Crippen LogP contribution in [0.15, 0.2) is 11.0 Å². The summed E-state index contributed by atoms with van der Waals surface area (Å²) in [5.41, 5.74) is 0.287. The second-order valence-corrected chi connectivity index (χ2v) is 4.44. The maximum atomic E-state index is 11.9. The zero-order valence-corrected chi connectivity index (χ0v) is 11.5. The highest BCUT2D eigenvalue weighted by Gasteiger charge is 2.12. The molecule has 0 aliphatic rings. The Morgan fingerprint density at radius 2 is 2.33 bits per heavy atom. The Labute approximate surface area is 112 Å². The molecule has 1 N–H and O–H groups in total. The molecule has 1 atom stereocenters. The quantitative estimate of drug-likeness (QED) is 0.806. The lowest BCUT2D eigenvalue weighted by atomic mass is 10.1. The van der Waals surface area contributed by atoms with E-state index in [1.807, 2.05) is 13.8 Å². The number of aryl methyl sites for hydroxylation is 1. The minimum atomic E-state index is -0.265. The van der Waals surface area contributed by atoms with Gasteiger partial charge in [0.15, 0.2) is 0 Å². The van der Waals surface area contributed by atoms with Crippen LogP contribution in [0.1, 0.15) is 33.1 Å². The molecule has 0 aromatic carbocycles. The fourth-order valence-corrected chi connectivity index (χ4v) is 1.80. The van der Waals surface area contributed by atoms with Gasteiger partial charge in [0.25, 0.3) is 5.56 Å². The van der Waals surface area contributed by atoms with E-state index in [-0.39, 0.29) is 16.6 Å². The van der Waals surface area contributed by atoms with Crippen LogP contribution in [0.3, 0.4) is 0 Å². The molecule has 0 aliphatic carbocycles. The van der Waals surface area contributed by atoms with Gasteiger partial charge in [-0.05, 0) is 12.8 Å². The van der Waals surface area contributed by atoms with E-state index in [9.17, 15) is 4.79 Å². The van der Waals surface area contributed by atoms with Crippen LogP contribution in [-0.4, -0.2) is 15.8 Å². The highest BCUT2D eigenvalue weighted by molar-refractivity contribution is 6.32. The third kappa shape index (κ3) is 3.51. The number of hydrogen-bond acceptors (Lipinski definition) is 3. The van der Waals surface area contributed by atoms with Crippen LogP contribution >= 0.6 is 11.6 Å². The van der Waals surface area contributed by atoms with Crippen molar-refractivity contribution in [2.45, 2.75) is 45.7 Å². The summed E-state index contributed by atoms with van der Waals surface area (Å²) >= 11 is 6.05. The van der Waals surface area contributed by atoms with E-state index in [1.54, 1.807) is 6.20 Å². The summed E-state index contributed by atoms with van der Waals surface area (Å²) in [6.45, 7) is 4.57. The van der Waals surface area contributed by atoms with E-state index >= 15 is 0 Å². The molecule has 1 heterocycles. The van der Waals surface area contributed by atoms with Gasteiger partial charge in [0.2, 0.25) is 0 Å². The number of hydrogen-bond donors (Lipinski definition) is 1. The normalized spacial score (nSPS) is 11.9. The van der Waals surface area contributed by atoms with Crippen molar-refractivity contribution in [2.24, 2.45) is 0 Å². The monoisotopic (exact) mass is 267 g/mol. The van der Waals surface area contributed by atoms with Crippen LogP contribution in [0, 0.1) is 12.3 Å². The molecule has 1 rings (SSSR count). The zero-order valence-electron chi connectivity index (χ0n) is 10.7. The lowest BCUT2D eigenvalue weighted by Gasteiger charge is -2.16. The summed E-state index contributed by atoms with van der Waals surface area (Å²) in [6, 6.07) is 0.107. The first kappa shape index (κ1) is 14.6. The van der Waals surface area contributed by atoms with Crippen LogP contribution in [0.25, 0.3) is 0 Å². The van der Waals surface area contributed by atoms with E-state index in [4.69, 9.17) is 18.0 Å². The Morgan fingerprint density at radius 3 is 2.89 bits per heavy atom. The third-order valence-electron chi connectivity index (χ3n) is 2.64. The van der Waals surface area contributed by atoms with Gasteiger partial charge in [0.1, 0.15) is 5.02 Å². The molecule has 0 aliphatic heterocycles. The van der Waals surface area contributed by atoms with Crippen LogP contribution in [0.2, 0.25) is 5.02 Å². The first-order valence-corrected chi connectivity index (χ1v) is 6.47. The molecule has 0 bridgehead atoms. The van der Waals surface area contributed by atoms with Crippen molar-refractivity contribution in [3.63, 3.8) is 0 Å². The smallest absolute Gasteiger partial charge is 0.287 e. The van der Waals surface area contributed by atoms with Gasteiger partial charge < -0.3 is 5.32 Å². The maximum absolute atomic E-state index is 11.9. The van der Waals surface area contributed by atoms with Crippen molar-refractivity contribution in [2.75, 3.05) is 5.32 Å². The Balaban J connectivity index is 2.95. The van der Waals surface area contributed by atoms with Crippen LogP contribution in [-0.2, 0) is 6.54 Å². The largest absolute Gasteiger partial charge is 0.379 e. The standard InChI is InChI=1S/C13H18ClN3O/c1-4-7-10(6-3)16-11-9-15-17(8-5-2)13(18)12(11)14/h1,9-10,16H,5-8H2,2-3H3. The van der Waals surface area contributed by atoms with Crippen LogP contribution in [0.4, 0.5) is 5.69 Å². The molecule has 1 aromatic rings. The summed E-state index contributed by atoms with van der Waals surface area (Å²) < 4.78 is 1.37. The van der Waals surface area contributed by atoms with Gasteiger partial charge in [0, 0.05) is 19.0 Å². The summed E-state index contributed by atoms with van der Waals surface area (Å²) in [6.07, 6.45) is 9.15. The van der Waals surface area contributed by atoms with Gasteiger partial charge in [-0.2, -0.15) is 5.10 Å². The number of halogens is 1. The van der Waals surface area contributed by atoms with Gasteiger partial charge >= 0.3 is 0 Å². The molecule has 1 aromatic heterocycles. The summed E-state index contributed by atoms with van der Waals surface area (Å²) in [4.78, 5) is 11.9. The van der Waals surface area contributed by atoms with E-state index in [0.29, 0.717) is 18.7 Å². The molecule has 5 heteroatoms. The number of aromatic nitrogens is 2. The van der Waals surface area contributed by atoms with Gasteiger partial charge in [-0.15, -0.1) is 12.3 Å². The Morgan fingerprint density at radius 1 is 1.61 bits per heavy atom. The predicted octanol–water partition coefficient (Wildman–Crippen LogP) is 2.52. The first-order chi connectivity index (χ1) is 8.63. The van der Waals surface area contributed by atoms with Crippen molar-refractivity contribution in [1.82, 2.24) is 9.78 Å². The minimum Gasteiger partial charge on any atom is -0.379 e. The molecule has 18 heavy (non-hydrogen) atoms. The average molecular weight is 268 g/mol. The van der Waals surface area contributed by atoms with E-state index in [0.717, 1.165) is 12.8 Å². The Kier molecular flexibility index (Phi) is 5.73. The van der Waals surface area contributed by atoms with Gasteiger partial charge in [-0.3, -0.25) is 4.79 Å². The number of rotatable bonds is 6. The molecule has 1 unspecified atom stereocenters. The topological polar surface area (TPSA) is 46.9 Å². The Bertz CT molecular complexity index is 490. The average Bonchev–Trinajstić information content (AvgIpc) is 2.37. The Hall–Kier alpha value is -1.47. The first-order valence-electron chi connectivity index (χ1n) is 6.09. The number of nitrogens with zero attached hydrogens (tertiary/aromatic N) is 2. The third-order valence-corrected chi connectivity index (χ3v) is 3.00. The lowest BCUT2D eigenvalue weighted by Crippen LogP contribution is -2.26. The minimum absolute atomic E-state index is 0.107. The van der Waals surface area contributed by atoms with Gasteiger partial charge in [-0.1, -0.05) is 25.4 Å². The summed E-state index contributed by atoms with van der Waals surface area (Å²) in [5.74, 6) is 2.60. The summed E-state index contributed by atoms with van der Waals surface area (Å²) in [7, 11) is 0. The molecule has 0 fully saturated rings. The molecule has 0 spiro atoms. The number of terminal acetylenes is 1. The van der Waals surface area contributed by atoms with Crippen molar-refractivity contribution < 1.29 is 0 Å². The molecule has 0 saturated heterocycles. The number of anilines is 1. The van der Waals surface area contributed by atoms with Gasteiger partial charge in [0.05, 0.1) is 11.9 Å². The van der Waals surface area contributed by atoms with E-state index in [1.165, 1.54) is 4.68 Å². The van der Waals surface area contributed by atoms with Crippen molar-refractivity contribution >= 4 is 17.3 Å². The molecule has 0 radical (unpaired) electrons. The molecule has 98 valence electrons. The van der Waals surface area contributed by atoms with E-state index < -0.39 is 0 Å². The highest BCUT2D eigenvalue weighted by Crippen LogP contribution is 2.18. The molecular formula is C13H18ClN3O. The fourth-order valence-electron chi connectivity index (χ4n) is 1.60. The second kappa shape index (κ2) is 7.07. The lowest BCUT2D eigenvalue weighted by molar-refractivity contribution is 0.567. The van der Waals surface area contributed by atoms with Crippen LogP contribution in [0.5, 0.6) is 0 Å². The molecule has 0 saturated carbocycles. The van der Waals surface area contributed by atoms with E-state index in [2.05, 4.69) is 16.3 Å². The van der Waals surface area contributed by atoms with Crippen molar-refractivity contribution in [3.8, 4) is 12.3 Å². The fraction of sp³-hybridized carbons (Fsp3) is 0.538.